The van der Waals surface area contributed by atoms with Crippen molar-refractivity contribution in [1.82, 2.24) is 4.90 Å². The van der Waals surface area contributed by atoms with Crippen LogP contribution in [0.5, 0.6) is 0 Å². The van der Waals surface area contributed by atoms with Crippen LogP contribution in [0.1, 0.15) is 15.9 Å². The van der Waals surface area contributed by atoms with E-state index in [4.69, 9.17) is 0 Å². The molecule has 1 N–H and O–H groups in total. The first-order valence-electron chi connectivity index (χ1n) is 6.56. The Bertz CT molecular complexity index is 715. The normalized spacial score (nSPS) is 14.1. The maximum absolute atomic E-state index is 12.6. The Hall–Kier alpha value is -2.14. The van der Waals surface area contributed by atoms with Gasteiger partial charge in [-0.1, -0.05) is 40.2 Å². The average Bonchev–Trinajstić information content (AvgIpc) is 2.64. The van der Waals surface area contributed by atoms with E-state index in [-0.39, 0.29) is 18.4 Å². The molecule has 106 valence electrons. The third-order valence-electron chi connectivity index (χ3n) is 3.35. The first-order valence-corrected chi connectivity index (χ1v) is 7.35. The molecular formula is C16H13BrN2O2. The number of benzene rings is 2. The molecule has 4 nitrogen and oxygen atoms in total. The second-order valence-electron chi connectivity index (χ2n) is 4.88. The monoisotopic (exact) mass is 344 g/mol. The van der Waals surface area contributed by atoms with E-state index in [0.717, 1.165) is 15.7 Å². The summed E-state index contributed by atoms with van der Waals surface area (Å²) in [5.41, 5.74) is 2.27. The van der Waals surface area contributed by atoms with Crippen LogP contribution in [-0.4, -0.2) is 23.3 Å². The van der Waals surface area contributed by atoms with Crippen LogP contribution in [0.4, 0.5) is 5.69 Å². The standard InChI is InChI=1S/C16H13BrN2O2/c17-13-6-3-5-11(8-13)16(21)19-9-12-4-1-2-7-14(12)18-15(20)10-19/h1-8H,9-10H2,(H,18,20). The van der Waals surface area contributed by atoms with E-state index >= 15 is 0 Å². The fourth-order valence-corrected chi connectivity index (χ4v) is 2.75. The maximum Gasteiger partial charge on any atom is 0.254 e. The van der Waals surface area contributed by atoms with Gasteiger partial charge in [0.05, 0.1) is 0 Å². The number of fused-ring (bicyclic) bond motifs is 1. The smallest absolute Gasteiger partial charge is 0.254 e. The molecule has 0 fully saturated rings. The van der Waals surface area contributed by atoms with Crippen molar-refractivity contribution in [1.29, 1.82) is 0 Å². The fraction of sp³-hybridized carbons (Fsp3) is 0.125. The van der Waals surface area contributed by atoms with E-state index < -0.39 is 0 Å². The Morgan fingerprint density at radius 3 is 2.71 bits per heavy atom. The van der Waals surface area contributed by atoms with Gasteiger partial charge in [-0.25, -0.2) is 0 Å². The number of rotatable bonds is 1. The molecule has 0 radical (unpaired) electrons. The van der Waals surface area contributed by atoms with E-state index in [1.54, 1.807) is 17.0 Å². The minimum absolute atomic E-state index is 0.0556. The molecule has 2 aromatic carbocycles. The van der Waals surface area contributed by atoms with Crippen molar-refractivity contribution in [2.45, 2.75) is 6.54 Å². The number of hydrogen-bond donors (Lipinski definition) is 1. The van der Waals surface area contributed by atoms with Crippen LogP contribution in [0, 0.1) is 0 Å². The molecule has 0 atom stereocenters. The molecule has 3 rings (SSSR count). The maximum atomic E-state index is 12.6. The van der Waals surface area contributed by atoms with E-state index in [9.17, 15) is 9.59 Å². The highest BCUT2D eigenvalue weighted by atomic mass is 79.9. The molecule has 5 heteroatoms. The van der Waals surface area contributed by atoms with Crippen LogP contribution in [0.15, 0.2) is 53.0 Å². The first kappa shape index (κ1) is 13.8. The third kappa shape index (κ3) is 2.97. The molecule has 0 spiro atoms. The minimum atomic E-state index is -0.178. The van der Waals surface area contributed by atoms with Gasteiger partial charge < -0.3 is 10.2 Å². The summed E-state index contributed by atoms with van der Waals surface area (Å²) in [6.45, 7) is 0.473. The molecule has 0 bridgehead atoms. The fourth-order valence-electron chi connectivity index (χ4n) is 2.35. The number of nitrogens with zero attached hydrogens (tertiary/aromatic N) is 1. The van der Waals surface area contributed by atoms with Gasteiger partial charge in [-0.3, -0.25) is 9.59 Å². The number of nitrogens with one attached hydrogen (secondary N) is 1. The van der Waals surface area contributed by atoms with E-state index in [1.807, 2.05) is 36.4 Å². The lowest BCUT2D eigenvalue weighted by Crippen LogP contribution is -2.35. The SMILES string of the molecule is O=C1CN(C(=O)c2cccc(Br)c2)Cc2ccccc2N1. The molecule has 2 aromatic rings. The Balaban J connectivity index is 1.92. The molecule has 0 saturated carbocycles. The lowest BCUT2D eigenvalue weighted by molar-refractivity contribution is -0.116. The highest BCUT2D eigenvalue weighted by Gasteiger charge is 2.23. The molecule has 2 amide bonds. The van der Waals surface area contributed by atoms with Gasteiger partial charge >= 0.3 is 0 Å². The van der Waals surface area contributed by atoms with Crippen molar-refractivity contribution in [3.05, 3.63) is 64.1 Å². The van der Waals surface area contributed by atoms with E-state index in [0.29, 0.717) is 12.1 Å². The molecule has 1 aliphatic rings. The van der Waals surface area contributed by atoms with Gasteiger partial charge in [0, 0.05) is 22.3 Å². The molecule has 0 saturated heterocycles. The van der Waals surface area contributed by atoms with Crippen molar-refractivity contribution in [3.63, 3.8) is 0 Å². The molecule has 1 aliphatic heterocycles. The molecular weight excluding hydrogens is 332 g/mol. The second kappa shape index (κ2) is 5.69. The summed E-state index contributed by atoms with van der Waals surface area (Å²) >= 11 is 3.36. The van der Waals surface area contributed by atoms with Crippen LogP contribution < -0.4 is 5.32 Å². The summed E-state index contributed by atoms with van der Waals surface area (Å²) in [6.07, 6.45) is 0. The van der Waals surface area contributed by atoms with Gasteiger partial charge in [0.1, 0.15) is 6.54 Å². The van der Waals surface area contributed by atoms with E-state index in [2.05, 4.69) is 21.2 Å². The highest BCUT2D eigenvalue weighted by Crippen LogP contribution is 2.22. The van der Waals surface area contributed by atoms with Crippen molar-refractivity contribution >= 4 is 33.4 Å². The van der Waals surface area contributed by atoms with Crippen molar-refractivity contribution in [2.24, 2.45) is 0 Å². The number of para-hydroxylation sites is 1. The Morgan fingerprint density at radius 2 is 1.90 bits per heavy atom. The van der Waals surface area contributed by atoms with E-state index in [1.165, 1.54) is 0 Å². The summed E-state index contributed by atoms with van der Waals surface area (Å²) in [5, 5.41) is 2.83. The molecule has 0 aliphatic carbocycles. The number of anilines is 1. The Morgan fingerprint density at radius 1 is 1.10 bits per heavy atom. The predicted octanol–water partition coefficient (Wildman–Crippen LogP) is 3.04. The third-order valence-corrected chi connectivity index (χ3v) is 3.84. The van der Waals surface area contributed by atoms with Crippen LogP contribution in [0.25, 0.3) is 0 Å². The summed E-state index contributed by atoms with van der Waals surface area (Å²) in [4.78, 5) is 26.1. The summed E-state index contributed by atoms with van der Waals surface area (Å²) in [7, 11) is 0. The Labute approximate surface area is 130 Å². The van der Waals surface area contributed by atoms with Gasteiger partial charge in [-0.15, -0.1) is 0 Å². The van der Waals surface area contributed by atoms with Gasteiger partial charge in [0.25, 0.3) is 5.91 Å². The number of amides is 2. The predicted molar refractivity (Wildman–Crippen MR) is 84.0 cm³/mol. The van der Waals surface area contributed by atoms with Gasteiger partial charge in [0.2, 0.25) is 5.91 Å². The first-order chi connectivity index (χ1) is 10.1. The lowest BCUT2D eigenvalue weighted by atomic mass is 10.1. The van der Waals surface area contributed by atoms with Crippen molar-refractivity contribution < 1.29 is 9.59 Å². The summed E-state index contributed by atoms with van der Waals surface area (Å²) in [6, 6.07) is 14.7. The van der Waals surface area contributed by atoms with Crippen LogP contribution in [0.3, 0.4) is 0 Å². The number of hydrogen-bond acceptors (Lipinski definition) is 2. The van der Waals surface area contributed by atoms with Crippen LogP contribution >= 0.6 is 15.9 Å². The summed E-state index contributed by atoms with van der Waals surface area (Å²) in [5.74, 6) is -0.327. The minimum Gasteiger partial charge on any atom is -0.325 e. The quantitative estimate of drug-likeness (QED) is 0.864. The van der Waals surface area contributed by atoms with Gasteiger partial charge in [0.15, 0.2) is 0 Å². The highest BCUT2D eigenvalue weighted by molar-refractivity contribution is 9.10. The average molecular weight is 345 g/mol. The molecule has 0 aromatic heterocycles. The zero-order valence-corrected chi connectivity index (χ0v) is 12.8. The zero-order valence-electron chi connectivity index (χ0n) is 11.2. The topological polar surface area (TPSA) is 49.4 Å². The molecule has 1 heterocycles. The zero-order chi connectivity index (χ0) is 14.8. The lowest BCUT2D eigenvalue weighted by Gasteiger charge is -2.19. The molecule has 0 unspecified atom stereocenters. The van der Waals surface area contributed by atoms with Crippen LogP contribution in [0.2, 0.25) is 0 Å². The number of carbonyl (C=O) groups excluding carboxylic acids is 2. The number of carbonyl (C=O) groups is 2. The largest absolute Gasteiger partial charge is 0.325 e. The van der Waals surface area contributed by atoms with Crippen LogP contribution in [-0.2, 0) is 11.3 Å². The molecule has 21 heavy (non-hydrogen) atoms. The summed E-state index contributed by atoms with van der Waals surface area (Å²) < 4.78 is 0.841. The number of halogens is 1. The Kier molecular flexibility index (Phi) is 3.75. The van der Waals surface area contributed by atoms with Crippen molar-refractivity contribution in [2.75, 3.05) is 11.9 Å². The van der Waals surface area contributed by atoms with Crippen molar-refractivity contribution in [3.8, 4) is 0 Å². The van der Waals surface area contributed by atoms with Gasteiger partial charge in [-0.05, 0) is 29.8 Å². The van der Waals surface area contributed by atoms with Gasteiger partial charge in [-0.2, -0.15) is 0 Å². The second-order valence-corrected chi connectivity index (χ2v) is 5.79.